The number of nitrogens with zero attached hydrogens (tertiary/aromatic N) is 2. The van der Waals surface area contributed by atoms with Crippen LogP contribution in [0, 0.1) is 11.2 Å². The number of fused-ring (bicyclic) bond motifs is 1. The Hall–Kier alpha value is -2.61. The maximum atomic E-state index is 14.9. The molecule has 0 amide bonds. The van der Waals surface area contributed by atoms with E-state index in [2.05, 4.69) is 11.7 Å². The standard InChI is InChI=1S/C19H22FN3O4/c1-19(9-21)4-5-22(10-19)15-7-14-12(6-13(15)20)17(24)16(27-18(25)26)8-23(14)11-2-3-11/h6-8,11H,2-5,9-10,21H2,1H3,(H,25,26). The van der Waals surface area contributed by atoms with Crippen molar-refractivity contribution in [1.82, 2.24) is 4.57 Å². The molecule has 1 aromatic carbocycles. The van der Waals surface area contributed by atoms with Crippen LogP contribution in [0.5, 0.6) is 5.75 Å². The summed E-state index contributed by atoms with van der Waals surface area (Å²) in [5.41, 5.74) is 6.22. The number of carboxylic acid groups (broad SMARTS) is 1. The lowest BCUT2D eigenvalue weighted by molar-refractivity contribution is 0.143. The van der Waals surface area contributed by atoms with E-state index in [1.165, 1.54) is 12.3 Å². The predicted molar refractivity (Wildman–Crippen MR) is 99.1 cm³/mol. The first-order chi connectivity index (χ1) is 12.8. The van der Waals surface area contributed by atoms with Gasteiger partial charge in [0.25, 0.3) is 0 Å². The Morgan fingerprint density at radius 1 is 1.44 bits per heavy atom. The van der Waals surface area contributed by atoms with Gasteiger partial charge in [-0.1, -0.05) is 6.92 Å². The first-order valence-corrected chi connectivity index (χ1v) is 9.05. The zero-order valence-electron chi connectivity index (χ0n) is 15.1. The monoisotopic (exact) mass is 375 g/mol. The Morgan fingerprint density at radius 2 is 2.19 bits per heavy atom. The summed E-state index contributed by atoms with van der Waals surface area (Å²) in [6.07, 6.45) is 2.58. The Kier molecular flexibility index (Phi) is 4.10. The number of anilines is 1. The highest BCUT2D eigenvalue weighted by Gasteiger charge is 2.34. The number of hydrogen-bond acceptors (Lipinski definition) is 5. The van der Waals surface area contributed by atoms with Gasteiger partial charge in [-0.3, -0.25) is 4.79 Å². The Bertz CT molecular complexity index is 985. The second kappa shape index (κ2) is 6.23. The van der Waals surface area contributed by atoms with Crippen molar-refractivity contribution in [3.63, 3.8) is 0 Å². The molecule has 1 aliphatic heterocycles. The van der Waals surface area contributed by atoms with Gasteiger partial charge in [-0.25, -0.2) is 9.18 Å². The van der Waals surface area contributed by atoms with Crippen LogP contribution in [0.3, 0.4) is 0 Å². The molecule has 1 unspecified atom stereocenters. The fourth-order valence-electron chi connectivity index (χ4n) is 3.79. The average Bonchev–Trinajstić information content (AvgIpc) is 3.39. The quantitative estimate of drug-likeness (QED) is 0.798. The molecule has 3 N–H and O–H groups in total. The molecule has 1 aromatic heterocycles. The summed E-state index contributed by atoms with van der Waals surface area (Å²) in [5, 5.41) is 8.99. The molecule has 2 aliphatic rings. The topological polar surface area (TPSA) is 97.8 Å². The molecule has 0 spiro atoms. The van der Waals surface area contributed by atoms with Crippen LogP contribution in [0.25, 0.3) is 10.9 Å². The minimum Gasteiger partial charge on any atom is -0.449 e. The fraction of sp³-hybridized carbons (Fsp3) is 0.474. The number of ether oxygens (including phenoxy) is 1. The van der Waals surface area contributed by atoms with Crippen molar-refractivity contribution in [2.24, 2.45) is 11.1 Å². The normalized spacial score (nSPS) is 22.4. The summed E-state index contributed by atoms with van der Waals surface area (Å²) in [7, 11) is 0. The molecule has 27 heavy (non-hydrogen) atoms. The number of aromatic nitrogens is 1. The zero-order valence-corrected chi connectivity index (χ0v) is 15.1. The molecule has 0 radical (unpaired) electrons. The summed E-state index contributed by atoms with van der Waals surface area (Å²) < 4.78 is 21.3. The molecule has 144 valence electrons. The maximum absolute atomic E-state index is 14.9. The van der Waals surface area contributed by atoms with Crippen molar-refractivity contribution in [3.05, 3.63) is 34.4 Å². The third kappa shape index (κ3) is 3.14. The molecule has 2 fully saturated rings. The Balaban J connectivity index is 1.85. The number of benzene rings is 1. The van der Waals surface area contributed by atoms with Gasteiger partial charge < -0.3 is 25.0 Å². The lowest BCUT2D eigenvalue weighted by Crippen LogP contribution is -2.31. The third-order valence-corrected chi connectivity index (χ3v) is 5.60. The first kappa shape index (κ1) is 17.8. The van der Waals surface area contributed by atoms with Gasteiger partial charge in [-0.15, -0.1) is 0 Å². The zero-order chi connectivity index (χ0) is 19.3. The van der Waals surface area contributed by atoms with Crippen LogP contribution in [0.1, 0.15) is 32.2 Å². The molecule has 8 heteroatoms. The van der Waals surface area contributed by atoms with Crippen molar-refractivity contribution in [3.8, 4) is 5.75 Å². The SMILES string of the molecule is CC1(CN)CCN(c2cc3c(cc2F)c(=O)c(OC(=O)O)cn3C2CC2)C1. The van der Waals surface area contributed by atoms with Crippen LogP contribution in [0.15, 0.2) is 23.1 Å². The number of rotatable bonds is 4. The van der Waals surface area contributed by atoms with E-state index < -0.39 is 17.4 Å². The molecular weight excluding hydrogens is 353 g/mol. The molecule has 1 atom stereocenters. The summed E-state index contributed by atoms with van der Waals surface area (Å²) in [6, 6.07) is 3.05. The van der Waals surface area contributed by atoms with E-state index in [1.54, 1.807) is 6.07 Å². The fourth-order valence-corrected chi connectivity index (χ4v) is 3.79. The molecule has 1 saturated carbocycles. The number of hydrogen-bond donors (Lipinski definition) is 2. The molecule has 0 bridgehead atoms. The molecule has 1 saturated heterocycles. The minimum absolute atomic E-state index is 0.0588. The van der Waals surface area contributed by atoms with Gasteiger partial charge in [0.15, 0.2) is 5.75 Å². The summed E-state index contributed by atoms with van der Waals surface area (Å²) in [6.45, 7) is 3.97. The van der Waals surface area contributed by atoms with E-state index in [9.17, 15) is 14.0 Å². The van der Waals surface area contributed by atoms with E-state index >= 15 is 0 Å². The summed E-state index contributed by atoms with van der Waals surface area (Å²) in [5.74, 6) is -0.804. The molecule has 2 heterocycles. The highest BCUT2D eigenvalue weighted by atomic mass is 19.1. The second-order valence-electron chi connectivity index (χ2n) is 7.84. The number of carbonyl (C=O) groups is 1. The predicted octanol–water partition coefficient (Wildman–Crippen LogP) is 2.71. The van der Waals surface area contributed by atoms with E-state index in [0.717, 1.165) is 19.3 Å². The number of halogens is 1. The largest absolute Gasteiger partial charge is 0.511 e. The number of pyridine rings is 1. The molecule has 2 aromatic rings. The third-order valence-electron chi connectivity index (χ3n) is 5.60. The van der Waals surface area contributed by atoms with E-state index in [1.807, 2.05) is 9.47 Å². The number of nitrogens with two attached hydrogens (primary N) is 1. The van der Waals surface area contributed by atoms with Gasteiger partial charge in [-0.2, -0.15) is 0 Å². The van der Waals surface area contributed by atoms with Crippen LogP contribution in [-0.4, -0.2) is 35.5 Å². The lowest BCUT2D eigenvalue weighted by atomic mass is 9.90. The van der Waals surface area contributed by atoms with Crippen LogP contribution < -0.4 is 20.8 Å². The van der Waals surface area contributed by atoms with Crippen LogP contribution in [0.4, 0.5) is 14.9 Å². The van der Waals surface area contributed by atoms with E-state index in [-0.39, 0.29) is 22.6 Å². The summed E-state index contributed by atoms with van der Waals surface area (Å²) >= 11 is 0. The van der Waals surface area contributed by atoms with Gasteiger partial charge in [0.2, 0.25) is 5.43 Å². The van der Waals surface area contributed by atoms with Crippen molar-refractivity contribution < 1.29 is 19.0 Å². The van der Waals surface area contributed by atoms with Crippen LogP contribution in [-0.2, 0) is 0 Å². The molecule has 4 rings (SSSR count). The van der Waals surface area contributed by atoms with Crippen LogP contribution in [0.2, 0.25) is 0 Å². The smallest absolute Gasteiger partial charge is 0.449 e. The van der Waals surface area contributed by atoms with Gasteiger partial charge in [0, 0.05) is 19.1 Å². The highest BCUT2D eigenvalue weighted by molar-refractivity contribution is 5.85. The summed E-state index contributed by atoms with van der Waals surface area (Å²) in [4.78, 5) is 25.4. The van der Waals surface area contributed by atoms with Crippen LogP contribution >= 0.6 is 0 Å². The van der Waals surface area contributed by atoms with Gasteiger partial charge in [0.05, 0.1) is 22.8 Å². The van der Waals surface area contributed by atoms with Gasteiger partial charge in [0.1, 0.15) is 5.82 Å². The van der Waals surface area contributed by atoms with Crippen molar-refractivity contribution in [2.45, 2.75) is 32.2 Å². The molecule has 7 nitrogen and oxygen atoms in total. The van der Waals surface area contributed by atoms with Crippen molar-refractivity contribution in [1.29, 1.82) is 0 Å². The highest BCUT2D eigenvalue weighted by Crippen LogP contribution is 2.40. The van der Waals surface area contributed by atoms with Gasteiger partial charge >= 0.3 is 6.16 Å². The van der Waals surface area contributed by atoms with E-state index in [0.29, 0.717) is 30.8 Å². The Morgan fingerprint density at radius 3 is 2.78 bits per heavy atom. The van der Waals surface area contributed by atoms with Crippen molar-refractivity contribution in [2.75, 3.05) is 24.5 Å². The average molecular weight is 375 g/mol. The Labute approximate surface area is 155 Å². The second-order valence-corrected chi connectivity index (χ2v) is 7.84. The minimum atomic E-state index is -1.57. The van der Waals surface area contributed by atoms with Crippen molar-refractivity contribution >= 4 is 22.7 Å². The van der Waals surface area contributed by atoms with E-state index in [4.69, 9.17) is 10.8 Å². The molecular formula is C19H22FN3O4. The maximum Gasteiger partial charge on any atom is 0.511 e. The first-order valence-electron chi connectivity index (χ1n) is 9.05. The van der Waals surface area contributed by atoms with Gasteiger partial charge in [-0.05, 0) is 43.4 Å². The molecule has 1 aliphatic carbocycles. The lowest BCUT2D eigenvalue weighted by Gasteiger charge is -2.25.